The average Bonchev–Trinajstić information content (AvgIpc) is 2.78. The number of aliphatic hydroxyl groups excluding tert-OH is 1. The minimum atomic E-state index is -0.907. The zero-order valence-corrected chi connectivity index (χ0v) is 14.9. The first-order valence-corrected chi connectivity index (χ1v) is 8.00. The Hall–Kier alpha value is -2.03. The summed E-state index contributed by atoms with van der Waals surface area (Å²) in [7, 11) is 0. The summed E-state index contributed by atoms with van der Waals surface area (Å²) < 4.78 is 11.1. The second kappa shape index (κ2) is 6.84. The van der Waals surface area contributed by atoms with Crippen LogP contribution >= 0.6 is 0 Å². The number of hydrogen-bond acceptors (Lipinski definition) is 4. The van der Waals surface area contributed by atoms with E-state index in [2.05, 4.69) is 11.8 Å². The van der Waals surface area contributed by atoms with Gasteiger partial charge in [-0.3, -0.25) is 4.90 Å². The van der Waals surface area contributed by atoms with Crippen molar-refractivity contribution in [2.24, 2.45) is 0 Å². The van der Waals surface area contributed by atoms with Crippen LogP contribution in [0.2, 0.25) is 0 Å². The van der Waals surface area contributed by atoms with Crippen molar-refractivity contribution in [3.05, 3.63) is 35.9 Å². The number of hydrogen-bond donors (Lipinski definition) is 1. The Labute approximate surface area is 143 Å². The van der Waals surface area contributed by atoms with E-state index in [-0.39, 0.29) is 6.61 Å². The first-order valence-electron chi connectivity index (χ1n) is 8.00. The highest BCUT2D eigenvalue weighted by atomic mass is 16.6. The normalized spacial score (nSPS) is 20.9. The van der Waals surface area contributed by atoms with Gasteiger partial charge in [-0.05, 0) is 40.2 Å². The van der Waals surface area contributed by atoms with Crippen LogP contribution in [0.25, 0.3) is 0 Å². The van der Waals surface area contributed by atoms with Crippen molar-refractivity contribution >= 4 is 6.09 Å². The second-order valence-electron chi connectivity index (χ2n) is 7.23. The maximum absolute atomic E-state index is 12.5. The van der Waals surface area contributed by atoms with Gasteiger partial charge in [0.05, 0.1) is 6.61 Å². The summed E-state index contributed by atoms with van der Waals surface area (Å²) in [5, 5.41) is 10.2. The molecule has 0 radical (unpaired) electrons. The lowest BCUT2D eigenvalue weighted by molar-refractivity contribution is -0.0608. The Bertz CT molecular complexity index is 637. The molecule has 0 spiro atoms. The zero-order valence-electron chi connectivity index (χ0n) is 14.9. The highest BCUT2D eigenvalue weighted by Crippen LogP contribution is 2.29. The zero-order chi connectivity index (χ0) is 18.0. The molecule has 0 saturated carbocycles. The van der Waals surface area contributed by atoms with Gasteiger partial charge in [0.25, 0.3) is 0 Å². The van der Waals surface area contributed by atoms with Crippen LogP contribution in [0.1, 0.15) is 46.3 Å². The molecule has 2 atom stereocenters. The van der Waals surface area contributed by atoms with Crippen molar-refractivity contribution in [2.45, 2.75) is 58.1 Å². The van der Waals surface area contributed by atoms with Crippen LogP contribution in [0, 0.1) is 11.8 Å². The molecule has 1 amide bonds. The largest absolute Gasteiger partial charge is 0.444 e. The minimum absolute atomic E-state index is 0.279. The number of amides is 1. The number of benzene rings is 1. The lowest BCUT2D eigenvalue weighted by Crippen LogP contribution is -2.49. The Morgan fingerprint density at radius 2 is 2.00 bits per heavy atom. The van der Waals surface area contributed by atoms with Gasteiger partial charge in [0, 0.05) is 0 Å². The SMILES string of the molecule is CC(C)(C)OC(=O)N1[C@H](C#CC(O)c2ccccc2)COC1(C)C. The molecule has 5 nitrogen and oxygen atoms in total. The van der Waals surface area contributed by atoms with Crippen LogP contribution in [0.15, 0.2) is 30.3 Å². The van der Waals surface area contributed by atoms with Crippen LogP contribution < -0.4 is 0 Å². The molecule has 1 N–H and O–H groups in total. The molecule has 0 bridgehead atoms. The van der Waals surface area contributed by atoms with Gasteiger partial charge in [-0.15, -0.1) is 0 Å². The smallest absolute Gasteiger partial charge is 0.413 e. The molecule has 2 rings (SSSR count). The third-order valence-electron chi connectivity index (χ3n) is 3.58. The molecule has 1 unspecified atom stereocenters. The highest BCUT2D eigenvalue weighted by molar-refractivity contribution is 5.70. The molecule has 130 valence electrons. The molecule has 0 aromatic heterocycles. The molecule has 1 saturated heterocycles. The summed E-state index contributed by atoms with van der Waals surface area (Å²) in [4.78, 5) is 14.0. The van der Waals surface area contributed by atoms with Crippen molar-refractivity contribution in [1.82, 2.24) is 4.90 Å². The van der Waals surface area contributed by atoms with Crippen LogP contribution in [-0.2, 0) is 9.47 Å². The van der Waals surface area contributed by atoms with Gasteiger partial charge >= 0.3 is 6.09 Å². The molecule has 1 aliphatic rings. The number of ether oxygens (including phenoxy) is 2. The van der Waals surface area contributed by atoms with Crippen molar-refractivity contribution < 1.29 is 19.4 Å². The Kier molecular flexibility index (Phi) is 5.22. The molecule has 1 aromatic rings. The molecular weight excluding hydrogens is 306 g/mol. The van der Waals surface area contributed by atoms with Gasteiger partial charge < -0.3 is 14.6 Å². The van der Waals surface area contributed by atoms with Crippen LogP contribution in [0.4, 0.5) is 4.79 Å². The summed E-state index contributed by atoms with van der Waals surface area (Å²) in [5.74, 6) is 5.75. The molecule has 1 fully saturated rings. The molecule has 0 aliphatic carbocycles. The summed E-state index contributed by atoms with van der Waals surface area (Å²) in [6.07, 6.45) is -1.38. The Balaban J connectivity index is 2.17. The summed E-state index contributed by atoms with van der Waals surface area (Å²) in [6, 6.07) is 8.71. The van der Waals surface area contributed by atoms with E-state index in [9.17, 15) is 9.90 Å². The Morgan fingerprint density at radius 3 is 2.58 bits per heavy atom. The monoisotopic (exact) mass is 331 g/mol. The number of carbonyl (C=O) groups is 1. The fourth-order valence-electron chi connectivity index (χ4n) is 2.46. The fraction of sp³-hybridized carbons (Fsp3) is 0.526. The topological polar surface area (TPSA) is 59.0 Å². The van der Waals surface area contributed by atoms with Crippen LogP contribution in [0.3, 0.4) is 0 Å². The number of aliphatic hydroxyl groups is 1. The van der Waals surface area contributed by atoms with Gasteiger partial charge in [0.15, 0.2) is 0 Å². The third kappa shape index (κ3) is 4.50. The lowest BCUT2D eigenvalue weighted by Gasteiger charge is -2.33. The van der Waals surface area contributed by atoms with E-state index in [1.807, 2.05) is 39.0 Å². The molecule has 5 heteroatoms. The third-order valence-corrected chi connectivity index (χ3v) is 3.58. The maximum atomic E-state index is 12.5. The molecule has 1 heterocycles. The number of nitrogens with zero attached hydrogens (tertiary/aromatic N) is 1. The minimum Gasteiger partial charge on any atom is -0.444 e. The molecule has 1 aromatic carbocycles. The first kappa shape index (κ1) is 18.3. The van der Waals surface area contributed by atoms with E-state index >= 15 is 0 Å². The lowest BCUT2D eigenvalue weighted by atomic mass is 10.1. The van der Waals surface area contributed by atoms with E-state index in [4.69, 9.17) is 9.47 Å². The summed E-state index contributed by atoms with van der Waals surface area (Å²) in [5.41, 5.74) is -0.691. The van der Waals surface area contributed by atoms with Gasteiger partial charge in [-0.25, -0.2) is 4.79 Å². The number of rotatable bonds is 1. The van der Waals surface area contributed by atoms with Crippen molar-refractivity contribution in [1.29, 1.82) is 0 Å². The van der Waals surface area contributed by atoms with Gasteiger partial charge in [-0.2, -0.15) is 0 Å². The number of carbonyl (C=O) groups excluding carboxylic acids is 1. The van der Waals surface area contributed by atoms with Gasteiger partial charge in [0.1, 0.15) is 23.5 Å². The molecular formula is C19H25NO4. The summed E-state index contributed by atoms with van der Waals surface area (Å²) in [6.45, 7) is 9.32. The predicted molar refractivity (Wildman–Crippen MR) is 91.1 cm³/mol. The van der Waals surface area contributed by atoms with Gasteiger partial charge in [-0.1, -0.05) is 42.2 Å². The second-order valence-corrected chi connectivity index (χ2v) is 7.23. The average molecular weight is 331 g/mol. The van der Waals surface area contributed by atoms with Crippen molar-refractivity contribution in [3.8, 4) is 11.8 Å². The quantitative estimate of drug-likeness (QED) is 0.804. The predicted octanol–water partition coefficient (Wildman–Crippen LogP) is 3.10. The van der Waals surface area contributed by atoms with E-state index in [1.165, 1.54) is 4.90 Å². The van der Waals surface area contributed by atoms with Crippen molar-refractivity contribution in [3.63, 3.8) is 0 Å². The van der Waals surface area contributed by atoms with E-state index in [1.54, 1.807) is 26.0 Å². The molecule has 24 heavy (non-hydrogen) atoms. The summed E-state index contributed by atoms with van der Waals surface area (Å²) >= 11 is 0. The Morgan fingerprint density at radius 1 is 1.38 bits per heavy atom. The highest BCUT2D eigenvalue weighted by Gasteiger charge is 2.45. The molecule has 1 aliphatic heterocycles. The first-order chi connectivity index (χ1) is 11.1. The maximum Gasteiger partial charge on any atom is 0.413 e. The van der Waals surface area contributed by atoms with E-state index in [0.717, 1.165) is 0 Å². The van der Waals surface area contributed by atoms with Crippen LogP contribution in [-0.4, -0.2) is 40.1 Å². The van der Waals surface area contributed by atoms with E-state index < -0.39 is 29.6 Å². The van der Waals surface area contributed by atoms with E-state index in [0.29, 0.717) is 5.56 Å². The van der Waals surface area contributed by atoms with Crippen LogP contribution in [0.5, 0.6) is 0 Å². The standard InChI is InChI=1S/C19H25NO4/c1-18(2,3)24-17(22)20-15(13-23-19(20,4)5)11-12-16(21)14-9-7-6-8-10-14/h6-10,15-16,21H,13H2,1-5H3/t15-,16?/m1/s1. The van der Waals surface area contributed by atoms with Crippen molar-refractivity contribution in [2.75, 3.05) is 6.61 Å². The van der Waals surface area contributed by atoms with Gasteiger partial charge in [0.2, 0.25) is 0 Å². The fourth-order valence-corrected chi connectivity index (χ4v) is 2.46.